The van der Waals surface area contributed by atoms with E-state index in [1.807, 2.05) is 0 Å². The molecule has 0 saturated heterocycles. The Bertz CT molecular complexity index is 244. The summed E-state index contributed by atoms with van der Waals surface area (Å²) in [5.74, 6) is 5.50. The molecule has 2 rings (SSSR count). The molecule has 0 spiro atoms. The smallest absolute Gasteiger partial charge is 0.0380 e. The molecule has 0 heterocycles. The zero-order chi connectivity index (χ0) is 13.7. The number of unbranched alkanes of at least 4 members (excludes halogenated alkanes) is 1. The molecule has 0 aromatic heterocycles. The predicted molar refractivity (Wildman–Crippen MR) is 85.3 cm³/mol. The first kappa shape index (κ1) is 15.4. The summed E-state index contributed by atoms with van der Waals surface area (Å²) in [4.78, 5) is 0. The summed E-state index contributed by atoms with van der Waals surface area (Å²) in [6.07, 6.45) is 16.5. The van der Waals surface area contributed by atoms with Crippen LogP contribution >= 0.6 is 0 Å². The van der Waals surface area contributed by atoms with Crippen LogP contribution in [-0.2, 0) is 0 Å². The molecule has 0 nitrogen and oxygen atoms in total. The first-order valence-electron chi connectivity index (χ1n) is 9.28. The largest absolute Gasteiger partial charge is 0.0654 e. The fourth-order valence-electron chi connectivity index (χ4n) is 4.58. The second-order valence-corrected chi connectivity index (χ2v) is 7.49. The highest BCUT2D eigenvalue weighted by molar-refractivity contribution is 4.93. The molecule has 19 heavy (non-hydrogen) atoms. The van der Waals surface area contributed by atoms with Crippen molar-refractivity contribution in [1.82, 2.24) is 0 Å². The molecule has 0 radical (unpaired) electrons. The van der Waals surface area contributed by atoms with Gasteiger partial charge in [0.1, 0.15) is 0 Å². The van der Waals surface area contributed by atoms with Crippen molar-refractivity contribution in [2.75, 3.05) is 0 Å². The summed E-state index contributed by atoms with van der Waals surface area (Å²) in [5.41, 5.74) is 0. The van der Waals surface area contributed by atoms with Gasteiger partial charge in [-0.3, -0.25) is 0 Å². The number of fused-ring (bicyclic) bond motifs is 1. The van der Waals surface area contributed by atoms with Gasteiger partial charge in [-0.15, -0.1) is 0 Å². The van der Waals surface area contributed by atoms with Gasteiger partial charge in [0.25, 0.3) is 0 Å². The van der Waals surface area contributed by atoms with E-state index in [2.05, 4.69) is 20.8 Å². The molecule has 2 aliphatic rings. The maximum absolute atomic E-state index is 2.44. The van der Waals surface area contributed by atoms with Gasteiger partial charge < -0.3 is 0 Å². The Hall–Kier alpha value is 0. The summed E-state index contributed by atoms with van der Waals surface area (Å²) < 4.78 is 0. The van der Waals surface area contributed by atoms with Crippen molar-refractivity contribution >= 4 is 0 Å². The molecule has 5 atom stereocenters. The highest BCUT2D eigenvalue weighted by Gasteiger charge is 2.43. The van der Waals surface area contributed by atoms with Crippen LogP contribution in [-0.4, -0.2) is 0 Å². The Morgan fingerprint density at radius 3 is 2.32 bits per heavy atom. The van der Waals surface area contributed by atoms with Crippen molar-refractivity contribution in [3.05, 3.63) is 0 Å². The lowest BCUT2D eigenvalue weighted by Gasteiger charge is -2.30. The zero-order valence-electron chi connectivity index (χ0n) is 13.7. The Kier molecular flexibility index (Phi) is 6.23. The lowest BCUT2D eigenvalue weighted by Crippen LogP contribution is -2.19. The van der Waals surface area contributed by atoms with Gasteiger partial charge in [-0.25, -0.2) is 0 Å². The molecule has 0 aromatic carbocycles. The van der Waals surface area contributed by atoms with Crippen molar-refractivity contribution in [3.8, 4) is 0 Å². The van der Waals surface area contributed by atoms with E-state index in [-0.39, 0.29) is 0 Å². The third-order valence-corrected chi connectivity index (χ3v) is 6.26. The van der Waals surface area contributed by atoms with Gasteiger partial charge in [-0.1, -0.05) is 59.3 Å². The van der Waals surface area contributed by atoms with E-state index < -0.39 is 0 Å². The summed E-state index contributed by atoms with van der Waals surface area (Å²) in [5, 5.41) is 0. The molecule has 2 fully saturated rings. The van der Waals surface area contributed by atoms with Gasteiger partial charge in [0, 0.05) is 0 Å². The molecular weight excluding hydrogens is 228 g/mol. The summed E-state index contributed by atoms with van der Waals surface area (Å²) in [6, 6.07) is 0. The average molecular weight is 264 g/mol. The number of rotatable bonds is 9. The van der Waals surface area contributed by atoms with E-state index in [1.54, 1.807) is 25.7 Å². The van der Waals surface area contributed by atoms with Gasteiger partial charge >= 0.3 is 0 Å². The minimum absolute atomic E-state index is 1.02. The molecule has 0 aliphatic heterocycles. The zero-order valence-corrected chi connectivity index (χ0v) is 13.7. The highest BCUT2D eigenvalue weighted by atomic mass is 14.5. The van der Waals surface area contributed by atoms with Crippen LogP contribution in [0.4, 0.5) is 0 Å². The van der Waals surface area contributed by atoms with E-state index in [0.717, 1.165) is 23.7 Å². The molecule has 0 amide bonds. The predicted octanol–water partition coefficient (Wildman–Crippen LogP) is 6.45. The van der Waals surface area contributed by atoms with Crippen LogP contribution in [0.2, 0.25) is 0 Å². The SMILES string of the molecule is CCCCC(CC)CCC(CC)C1CCC2CC2C1. The van der Waals surface area contributed by atoms with Gasteiger partial charge in [0.05, 0.1) is 0 Å². The van der Waals surface area contributed by atoms with Crippen LogP contribution in [0.5, 0.6) is 0 Å². The normalized spacial score (nSPS) is 32.7. The quantitative estimate of drug-likeness (QED) is 0.449. The van der Waals surface area contributed by atoms with E-state index >= 15 is 0 Å². The monoisotopic (exact) mass is 264 g/mol. The molecule has 5 unspecified atom stereocenters. The number of hydrogen-bond acceptors (Lipinski definition) is 0. The lowest BCUT2D eigenvalue weighted by molar-refractivity contribution is 0.207. The third-order valence-electron chi connectivity index (χ3n) is 6.26. The maximum Gasteiger partial charge on any atom is -0.0380 e. The van der Waals surface area contributed by atoms with Crippen molar-refractivity contribution < 1.29 is 0 Å². The Balaban J connectivity index is 1.71. The minimum atomic E-state index is 1.02. The van der Waals surface area contributed by atoms with Crippen molar-refractivity contribution in [2.45, 2.75) is 91.4 Å². The molecule has 0 aromatic rings. The second kappa shape index (κ2) is 7.70. The fraction of sp³-hybridized carbons (Fsp3) is 1.00. The van der Waals surface area contributed by atoms with Crippen LogP contribution in [0.3, 0.4) is 0 Å². The van der Waals surface area contributed by atoms with Crippen LogP contribution in [0.1, 0.15) is 91.4 Å². The van der Waals surface area contributed by atoms with Gasteiger partial charge in [0.2, 0.25) is 0 Å². The Labute approximate surface area is 121 Å². The van der Waals surface area contributed by atoms with Crippen LogP contribution in [0, 0.1) is 29.6 Å². The summed E-state index contributed by atoms with van der Waals surface area (Å²) in [7, 11) is 0. The van der Waals surface area contributed by atoms with Crippen molar-refractivity contribution in [3.63, 3.8) is 0 Å². The van der Waals surface area contributed by atoms with Crippen molar-refractivity contribution in [1.29, 1.82) is 0 Å². The lowest BCUT2D eigenvalue weighted by atomic mass is 9.75. The average Bonchev–Trinajstić information content (AvgIpc) is 3.21. The van der Waals surface area contributed by atoms with E-state index in [9.17, 15) is 0 Å². The van der Waals surface area contributed by atoms with E-state index in [0.29, 0.717) is 0 Å². The highest BCUT2D eigenvalue weighted by Crippen LogP contribution is 2.53. The van der Waals surface area contributed by atoms with Crippen molar-refractivity contribution in [2.24, 2.45) is 29.6 Å². The first-order valence-corrected chi connectivity index (χ1v) is 9.28. The van der Waals surface area contributed by atoms with E-state index in [1.165, 1.54) is 50.9 Å². The first-order chi connectivity index (χ1) is 9.28. The topological polar surface area (TPSA) is 0 Å². The molecular formula is C19H36. The Morgan fingerprint density at radius 1 is 0.842 bits per heavy atom. The molecule has 2 aliphatic carbocycles. The second-order valence-electron chi connectivity index (χ2n) is 7.49. The van der Waals surface area contributed by atoms with Gasteiger partial charge in [0.15, 0.2) is 0 Å². The van der Waals surface area contributed by atoms with Crippen LogP contribution in [0.15, 0.2) is 0 Å². The van der Waals surface area contributed by atoms with Crippen LogP contribution in [0.25, 0.3) is 0 Å². The number of hydrogen-bond donors (Lipinski definition) is 0. The molecule has 0 bridgehead atoms. The van der Waals surface area contributed by atoms with Crippen LogP contribution < -0.4 is 0 Å². The molecule has 0 heteroatoms. The molecule has 112 valence electrons. The maximum atomic E-state index is 2.44. The fourth-order valence-corrected chi connectivity index (χ4v) is 4.58. The molecule has 0 N–H and O–H groups in total. The molecule has 2 saturated carbocycles. The van der Waals surface area contributed by atoms with Gasteiger partial charge in [-0.05, 0) is 61.7 Å². The summed E-state index contributed by atoms with van der Waals surface area (Å²) in [6.45, 7) is 7.17. The minimum Gasteiger partial charge on any atom is -0.0654 e. The van der Waals surface area contributed by atoms with Gasteiger partial charge in [-0.2, -0.15) is 0 Å². The third kappa shape index (κ3) is 4.50. The van der Waals surface area contributed by atoms with E-state index in [4.69, 9.17) is 0 Å². The standard InChI is InChI=1S/C19H36/c1-4-7-8-15(5-2)9-10-16(6-3)17-11-12-18-14-19(18)13-17/h15-19H,4-14H2,1-3H3. The Morgan fingerprint density at radius 2 is 1.68 bits per heavy atom. The summed E-state index contributed by atoms with van der Waals surface area (Å²) >= 11 is 0.